The molecule has 2 aromatic rings. The summed E-state index contributed by atoms with van der Waals surface area (Å²) in [6.45, 7) is 7.84. The van der Waals surface area contributed by atoms with Crippen LogP contribution in [-0.4, -0.2) is 36.3 Å². The smallest absolute Gasteiger partial charge is 0.257 e. The summed E-state index contributed by atoms with van der Waals surface area (Å²) in [7, 11) is 0. The molecule has 0 aliphatic rings. The van der Waals surface area contributed by atoms with E-state index in [9.17, 15) is 0 Å². The molecule has 0 bridgehead atoms. The van der Waals surface area contributed by atoms with E-state index < -0.39 is 0 Å². The van der Waals surface area contributed by atoms with Gasteiger partial charge in [0, 0.05) is 6.54 Å². The fourth-order valence-electron chi connectivity index (χ4n) is 2.62. The summed E-state index contributed by atoms with van der Waals surface area (Å²) in [5.41, 5.74) is 2.33. The van der Waals surface area contributed by atoms with E-state index in [0.717, 1.165) is 19.6 Å². The SMILES string of the molecule is CCN(CC)CCOC(=S)NC(c1ccccc1)c1ccccc1.Cl. The normalized spacial score (nSPS) is 10.4. The second-order valence-corrected chi connectivity index (χ2v) is 5.93. The number of thiocarbonyl (C=S) groups is 1. The highest BCUT2D eigenvalue weighted by atomic mass is 35.5. The monoisotopic (exact) mass is 378 g/mol. The van der Waals surface area contributed by atoms with Gasteiger partial charge in [-0.1, -0.05) is 74.5 Å². The van der Waals surface area contributed by atoms with Crippen molar-refractivity contribution in [2.24, 2.45) is 0 Å². The van der Waals surface area contributed by atoms with Crippen LogP contribution >= 0.6 is 24.6 Å². The van der Waals surface area contributed by atoms with E-state index in [1.165, 1.54) is 11.1 Å². The van der Waals surface area contributed by atoms with E-state index in [-0.39, 0.29) is 18.4 Å². The predicted molar refractivity (Wildman–Crippen MR) is 111 cm³/mol. The quantitative estimate of drug-likeness (QED) is 0.687. The highest BCUT2D eigenvalue weighted by Crippen LogP contribution is 2.21. The highest BCUT2D eigenvalue weighted by Gasteiger charge is 2.15. The van der Waals surface area contributed by atoms with Crippen LogP contribution in [0.4, 0.5) is 0 Å². The van der Waals surface area contributed by atoms with Crippen LogP contribution in [0.1, 0.15) is 31.0 Å². The summed E-state index contributed by atoms with van der Waals surface area (Å²) in [6, 6.07) is 20.6. The zero-order chi connectivity index (χ0) is 17.2. The Morgan fingerprint density at radius 3 is 1.88 bits per heavy atom. The average Bonchev–Trinajstić information content (AvgIpc) is 2.65. The lowest BCUT2D eigenvalue weighted by atomic mass is 9.99. The van der Waals surface area contributed by atoms with Crippen molar-refractivity contribution in [3.05, 3.63) is 71.8 Å². The molecular weight excluding hydrogens is 352 g/mol. The Kier molecular flexibility index (Phi) is 10.2. The lowest BCUT2D eigenvalue weighted by molar-refractivity contribution is 0.212. The molecular formula is C20H27ClN2OS. The minimum atomic E-state index is -0.00615. The molecule has 0 saturated carbocycles. The molecule has 3 nitrogen and oxygen atoms in total. The topological polar surface area (TPSA) is 24.5 Å². The van der Waals surface area contributed by atoms with Crippen molar-refractivity contribution in [3.63, 3.8) is 0 Å². The Bertz CT molecular complexity index is 566. The third kappa shape index (κ3) is 7.02. The molecule has 0 unspecified atom stereocenters. The molecule has 0 aliphatic heterocycles. The van der Waals surface area contributed by atoms with Crippen LogP contribution in [0.2, 0.25) is 0 Å². The molecule has 0 heterocycles. The first kappa shape index (κ1) is 21.4. The largest absolute Gasteiger partial charge is 0.470 e. The maximum atomic E-state index is 5.73. The summed E-state index contributed by atoms with van der Waals surface area (Å²) in [5.74, 6) is 0. The fraction of sp³-hybridized carbons (Fsp3) is 0.350. The second kappa shape index (κ2) is 11.9. The number of benzene rings is 2. The van der Waals surface area contributed by atoms with E-state index >= 15 is 0 Å². The Balaban J connectivity index is 0.00000312. The van der Waals surface area contributed by atoms with Crippen molar-refractivity contribution in [3.8, 4) is 0 Å². The van der Waals surface area contributed by atoms with Gasteiger partial charge in [-0.2, -0.15) is 0 Å². The van der Waals surface area contributed by atoms with Crippen LogP contribution < -0.4 is 5.32 Å². The Morgan fingerprint density at radius 2 is 1.44 bits per heavy atom. The molecule has 0 radical (unpaired) electrons. The molecule has 1 N–H and O–H groups in total. The zero-order valence-electron chi connectivity index (χ0n) is 14.9. The minimum Gasteiger partial charge on any atom is -0.470 e. The summed E-state index contributed by atoms with van der Waals surface area (Å²) < 4.78 is 5.73. The van der Waals surface area contributed by atoms with Gasteiger partial charge < -0.3 is 15.0 Å². The fourth-order valence-corrected chi connectivity index (χ4v) is 2.82. The van der Waals surface area contributed by atoms with Gasteiger partial charge in [0.05, 0.1) is 6.04 Å². The van der Waals surface area contributed by atoms with Gasteiger partial charge in [0.15, 0.2) is 0 Å². The molecule has 136 valence electrons. The molecule has 0 amide bonds. The Morgan fingerprint density at radius 1 is 0.960 bits per heavy atom. The standard InChI is InChI=1S/C20H26N2OS.ClH/c1-3-22(4-2)15-16-23-20(24)21-19(17-11-7-5-8-12-17)18-13-9-6-10-14-18;/h5-14,19H,3-4,15-16H2,1-2H3,(H,21,24);1H. The lowest BCUT2D eigenvalue weighted by Gasteiger charge is -2.22. The summed E-state index contributed by atoms with van der Waals surface area (Å²) in [6.07, 6.45) is 0. The number of rotatable bonds is 8. The van der Waals surface area contributed by atoms with Crippen molar-refractivity contribution < 1.29 is 4.74 Å². The zero-order valence-corrected chi connectivity index (χ0v) is 16.5. The van der Waals surface area contributed by atoms with E-state index in [1.54, 1.807) is 0 Å². The van der Waals surface area contributed by atoms with E-state index in [4.69, 9.17) is 17.0 Å². The number of nitrogens with zero attached hydrogens (tertiary/aromatic N) is 1. The molecule has 0 atom stereocenters. The molecule has 0 aliphatic carbocycles. The van der Waals surface area contributed by atoms with E-state index in [2.05, 4.69) is 48.3 Å². The van der Waals surface area contributed by atoms with E-state index in [0.29, 0.717) is 11.8 Å². The number of nitrogens with one attached hydrogen (secondary N) is 1. The number of likely N-dealkylation sites (N-methyl/N-ethyl adjacent to an activating group) is 1. The Hall–Kier alpha value is -1.62. The van der Waals surface area contributed by atoms with Crippen molar-refractivity contribution in [2.75, 3.05) is 26.2 Å². The van der Waals surface area contributed by atoms with Gasteiger partial charge in [0.1, 0.15) is 6.61 Å². The minimum absolute atomic E-state index is 0. The van der Waals surface area contributed by atoms with Crippen LogP contribution in [0.5, 0.6) is 0 Å². The summed E-state index contributed by atoms with van der Waals surface area (Å²) >= 11 is 5.40. The van der Waals surface area contributed by atoms with Gasteiger partial charge in [-0.3, -0.25) is 0 Å². The number of hydrogen-bond acceptors (Lipinski definition) is 3. The predicted octanol–water partition coefficient (Wildman–Crippen LogP) is 4.43. The van der Waals surface area contributed by atoms with Crippen molar-refractivity contribution in [1.82, 2.24) is 10.2 Å². The third-order valence-electron chi connectivity index (χ3n) is 4.06. The summed E-state index contributed by atoms with van der Waals surface area (Å²) in [5, 5.41) is 3.79. The molecule has 5 heteroatoms. The van der Waals surface area contributed by atoms with Gasteiger partial charge in [0.25, 0.3) is 5.17 Å². The maximum Gasteiger partial charge on any atom is 0.257 e. The number of hydrogen-bond donors (Lipinski definition) is 1. The molecule has 0 aromatic heterocycles. The highest BCUT2D eigenvalue weighted by molar-refractivity contribution is 7.80. The van der Waals surface area contributed by atoms with Crippen LogP contribution in [0.25, 0.3) is 0 Å². The molecule has 2 aromatic carbocycles. The lowest BCUT2D eigenvalue weighted by Crippen LogP contribution is -2.33. The van der Waals surface area contributed by atoms with Crippen molar-refractivity contribution >= 4 is 29.8 Å². The van der Waals surface area contributed by atoms with Gasteiger partial charge in [-0.15, -0.1) is 12.4 Å². The number of halogens is 1. The maximum absolute atomic E-state index is 5.73. The van der Waals surface area contributed by atoms with Gasteiger partial charge in [0.2, 0.25) is 0 Å². The van der Waals surface area contributed by atoms with Crippen LogP contribution in [0, 0.1) is 0 Å². The van der Waals surface area contributed by atoms with Gasteiger partial charge >= 0.3 is 0 Å². The van der Waals surface area contributed by atoms with Crippen LogP contribution in [-0.2, 0) is 4.74 Å². The second-order valence-electron chi connectivity index (χ2n) is 5.56. The molecule has 0 saturated heterocycles. The first-order chi connectivity index (χ1) is 11.7. The van der Waals surface area contributed by atoms with Crippen LogP contribution in [0.15, 0.2) is 60.7 Å². The molecule has 25 heavy (non-hydrogen) atoms. The van der Waals surface area contributed by atoms with Gasteiger partial charge in [-0.05, 0) is 36.4 Å². The van der Waals surface area contributed by atoms with Crippen LogP contribution in [0.3, 0.4) is 0 Å². The molecule has 0 spiro atoms. The van der Waals surface area contributed by atoms with Crippen molar-refractivity contribution in [1.29, 1.82) is 0 Å². The third-order valence-corrected chi connectivity index (χ3v) is 4.30. The molecule has 0 fully saturated rings. The first-order valence-corrected chi connectivity index (χ1v) is 8.91. The Labute approximate surface area is 162 Å². The van der Waals surface area contributed by atoms with Gasteiger partial charge in [-0.25, -0.2) is 0 Å². The van der Waals surface area contributed by atoms with Crippen molar-refractivity contribution in [2.45, 2.75) is 19.9 Å². The van der Waals surface area contributed by atoms with E-state index in [1.807, 2.05) is 36.4 Å². The average molecular weight is 379 g/mol. The number of ether oxygens (including phenoxy) is 1. The summed E-state index contributed by atoms with van der Waals surface area (Å²) in [4.78, 5) is 2.31. The first-order valence-electron chi connectivity index (χ1n) is 8.50. The molecule has 2 rings (SSSR count).